The fourth-order valence-electron chi connectivity index (χ4n) is 2.59. The van der Waals surface area contributed by atoms with Gasteiger partial charge in [-0.3, -0.25) is 4.79 Å². The number of nitrogens with zero attached hydrogens (tertiary/aromatic N) is 1. The highest BCUT2D eigenvalue weighted by molar-refractivity contribution is 6.30. The third kappa shape index (κ3) is 3.26. The van der Waals surface area contributed by atoms with Crippen LogP contribution in [0.1, 0.15) is 37.7 Å². The monoisotopic (exact) mass is 265 g/mol. The number of alkyl halides is 1. The topological polar surface area (TPSA) is 20.3 Å². The summed E-state index contributed by atoms with van der Waals surface area (Å²) in [6.45, 7) is 3.41. The maximum atomic E-state index is 12.0. The molecule has 1 heterocycles. The van der Waals surface area contributed by atoms with Crippen molar-refractivity contribution in [1.82, 2.24) is 4.90 Å². The lowest BCUT2D eigenvalue weighted by Gasteiger charge is -2.25. The normalized spacial score (nSPS) is 22.3. The number of benzene rings is 1. The largest absolute Gasteiger partial charge is 0.341 e. The zero-order chi connectivity index (χ0) is 13.0. The number of amides is 1. The van der Waals surface area contributed by atoms with Crippen LogP contribution < -0.4 is 0 Å². The van der Waals surface area contributed by atoms with Crippen LogP contribution in [-0.2, 0) is 4.79 Å². The molecule has 0 bridgehead atoms. The van der Waals surface area contributed by atoms with Gasteiger partial charge in [0.15, 0.2) is 0 Å². The Balaban J connectivity index is 2.10. The Hall–Kier alpha value is -1.02. The quantitative estimate of drug-likeness (QED) is 0.751. The van der Waals surface area contributed by atoms with Crippen molar-refractivity contribution < 1.29 is 4.79 Å². The Morgan fingerprint density at radius 1 is 1.33 bits per heavy atom. The van der Waals surface area contributed by atoms with Crippen LogP contribution in [0.25, 0.3) is 0 Å². The number of rotatable bonds is 2. The van der Waals surface area contributed by atoms with E-state index in [0.717, 1.165) is 25.9 Å². The van der Waals surface area contributed by atoms with Crippen molar-refractivity contribution in [3.63, 3.8) is 0 Å². The van der Waals surface area contributed by atoms with Crippen LogP contribution in [-0.4, -0.2) is 29.3 Å². The van der Waals surface area contributed by atoms with Crippen LogP contribution in [0.4, 0.5) is 0 Å². The Bertz CT molecular complexity index is 391. The van der Waals surface area contributed by atoms with Crippen molar-refractivity contribution >= 4 is 17.5 Å². The average molecular weight is 266 g/mol. The summed E-state index contributed by atoms with van der Waals surface area (Å²) in [5, 5.41) is -0.417. The molecule has 3 heteroatoms. The minimum atomic E-state index is -0.417. The minimum absolute atomic E-state index is 0.0690. The molecule has 1 aliphatic heterocycles. The van der Waals surface area contributed by atoms with Gasteiger partial charge in [-0.2, -0.15) is 0 Å². The van der Waals surface area contributed by atoms with Crippen LogP contribution in [0.15, 0.2) is 30.3 Å². The number of halogens is 1. The lowest BCUT2D eigenvalue weighted by atomic mass is 9.94. The average Bonchev–Trinajstić information content (AvgIpc) is 2.64. The van der Waals surface area contributed by atoms with E-state index in [0.29, 0.717) is 5.92 Å². The second-order valence-corrected chi connectivity index (χ2v) is 5.66. The summed E-state index contributed by atoms with van der Waals surface area (Å²) in [6, 6.07) is 10.5. The van der Waals surface area contributed by atoms with E-state index in [4.69, 9.17) is 11.6 Å². The maximum Gasteiger partial charge on any atom is 0.240 e. The Labute approximate surface area is 114 Å². The van der Waals surface area contributed by atoms with Gasteiger partial charge in [-0.15, -0.1) is 11.6 Å². The van der Waals surface area contributed by atoms with Crippen molar-refractivity contribution in [2.45, 2.75) is 37.5 Å². The van der Waals surface area contributed by atoms with E-state index in [9.17, 15) is 4.79 Å². The van der Waals surface area contributed by atoms with Gasteiger partial charge >= 0.3 is 0 Å². The summed E-state index contributed by atoms with van der Waals surface area (Å²) in [7, 11) is 0. The Morgan fingerprint density at radius 3 is 2.72 bits per heavy atom. The predicted molar refractivity (Wildman–Crippen MR) is 74.9 cm³/mol. The molecule has 0 aromatic heterocycles. The molecule has 1 saturated heterocycles. The molecule has 1 fully saturated rings. The molecule has 18 heavy (non-hydrogen) atoms. The molecule has 2 nitrogen and oxygen atoms in total. The van der Waals surface area contributed by atoms with Gasteiger partial charge < -0.3 is 4.90 Å². The molecular formula is C15H20ClNO. The highest BCUT2D eigenvalue weighted by Crippen LogP contribution is 2.26. The molecule has 0 N–H and O–H groups in total. The molecule has 1 aromatic carbocycles. The summed E-state index contributed by atoms with van der Waals surface area (Å²) in [4.78, 5) is 14.0. The molecule has 1 amide bonds. The molecule has 1 aliphatic rings. The van der Waals surface area contributed by atoms with E-state index in [-0.39, 0.29) is 5.91 Å². The standard InChI is InChI=1S/C15H20ClNO/c1-12(16)15(18)17-10-6-5-9-14(11-17)13-7-3-2-4-8-13/h2-4,7-8,12,14H,5-6,9-11H2,1H3. The number of hydrogen-bond acceptors (Lipinski definition) is 1. The lowest BCUT2D eigenvalue weighted by molar-refractivity contribution is -0.130. The van der Waals surface area contributed by atoms with Crippen molar-refractivity contribution in [2.75, 3.05) is 13.1 Å². The van der Waals surface area contributed by atoms with Gasteiger partial charge in [0.25, 0.3) is 0 Å². The van der Waals surface area contributed by atoms with Gasteiger partial charge in [-0.1, -0.05) is 36.8 Å². The van der Waals surface area contributed by atoms with E-state index < -0.39 is 5.38 Å². The van der Waals surface area contributed by atoms with Gasteiger partial charge in [-0.05, 0) is 25.3 Å². The van der Waals surface area contributed by atoms with Crippen LogP contribution in [0.5, 0.6) is 0 Å². The molecule has 0 radical (unpaired) electrons. The van der Waals surface area contributed by atoms with Gasteiger partial charge in [0.1, 0.15) is 5.38 Å². The van der Waals surface area contributed by atoms with E-state index in [2.05, 4.69) is 24.3 Å². The fraction of sp³-hybridized carbons (Fsp3) is 0.533. The van der Waals surface area contributed by atoms with Crippen molar-refractivity contribution in [3.05, 3.63) is 35.9 Å². The second kappa shape index (κ2) is 6.24. The Kier molecular flexibility index (Phi) is 4.65. The van der Waals surface area contributed by atoms with Crippen LogP contribution in [0.3, 0.4) is 0 Å². The zero-order valence-corrected chi connectivity index (χ0v) is 11.6. The molecule has 2 atom stereocenters. The summed E-state index contributed by atoms with van der Waals surface area (Å²) < 4.78 is 0. The number of carbonyl (C=O) groups excluding carboxylic acids is 1. The number of hydrogen-bond donors (Lipinski definition) is 0. The summed E-state index contributed by atoms with van der Waals surface area (Å²) >= 11 is 5.92. The smallest absolute Gasteiger partial charge is 0.240 e. The number of carbonyl (C=O) groups is 1. The summed E-state index contributed by atoms with van der Waals surface area (Å²) in [6.07, 6.45) is 3.42. The zero-order valence-electron chi connectivity index (χ0n) is 10.8. The highest BCUT2D eigenvalue weighted by Gasteiger charge is 2.25. The molecule has 0 aliphatic carbocycles. The molecule has 1 aromatic rings. The van der Waals surface area contributed by atoms with Gasteiger partial charge in [0, 0.05) is 19.0 Å². The number of likely N-dealkylation sites (tertiary alicyclic amines) is 1. The van der Waals surface area contributed by atoms with E-state index in [1.54, 1.807) is 6.92 Å². The third-order valence-corrected chi connectivity index (χ3v) is 3.78. The van der Waals surface area contributed by atoms with E-state index in [1.807, 2.05) is 11.0 Å². The van der Waals surface area contributed by atoms with Gasteiger partial charge in [-0.25, -0.2) is 0 Å². The van der Waals surface area contributed by atoms with Crippen LogP contribution in [0.2, 0.25) is 0 Å². The second-order valence-electron chi connectivity index (χ2n) is 5.00. The van der Waals surface area contributed by atoms with Gasteiger partial charge in [0.2, 0.25) is 5.91 Å². The third-order valence-electron chi connectivity index (χ3n) is 3.59. The first-order chi connectivity index (χ1) is 8.68. The molecule has 0 spiro atoms. The minimum Gasteiger partial charge on any atom is -0.341 e. The first-order valence-electron chi connectivity index (χ1n) is 6.66. The maximum absolute atomic E-state index is 12.0. The summed E-state index contributed by atoms with van der Waals surface area (Å²) in [5.74, 6) is 0.521. The highest BCUT2D eigenvalue weighted by atomic mass is 35.5. The predicted octanol–water partition coefficient (Wildman–Crippen LogP) is 3.41. The molecule has 2 rings (SSSR count). The van der Waals surface area contributed by atoms with Crippen molar-refractivity contribution in [3.8, 4) is 0 Å². The van der Waals surface area contributed by atoms with E-state index >= 15 is 0 Å². The first kappa shape index (κ1) is 13.4. The lowest BCUT2D eigenvalue weighted by Crippen LogP contribution is -2.38. The van der Waals surface area contributed by atoms with Crippen molar-refractivity contribution in [1.29, 1.82) is 0 Å². The van der Waals surface area contributed by atoms with E-state index in [1.165, 1.54) is 12.0 Å². The Morgan fingerprint density at radius 2 is 2.06 bits per heavy atom. The molecule has 0 saturated carbocycles. The molecular weight excluding hydrogens is 246 g/mol. The summed E-state index contributed by atoms with van der Waals surface area (Å²) in [5.41, 5.74) is 1.33. The molecule has 2 unspecified atom stereocenters. The van der Waals surface area contributed by atoms with Crippen LogP contribution >= 0.6 is 11.6 Å². The first-order valence-corrected chi connectivity index (χ1v) is 7.10. The molecule has 98 valence electrons. The SMILES string of the molecule is CC(Cl)C(=O)N1CCCCC(c2ccccc2)C1. The van der Waals surface area contributed by atoms with Gasteiger partial charge in [0.05, 0.1) is 0 Å². The fourth-order valence-corrected chi connectivity index (χ4v) is 2.73. The van der Waals surface area contributed by atoms with Crippen molar-refractivity contribution in [2.24, 2.45) is 0 Å². The van der Waals surface area contributed by atoms with Crippen LogP contribution in [0, 0.1) is 0 Å².